The van der Waals surface area contributed by atoms with Gasteiger partial charge in [-0.2, -0.15) is 5.10 Å². The Balaban J connectivity index is 1.93. The molecule has 0 aliphatic heterocycles. The Morgan fingerprint density at radius 3 is 2.62 bits per heavy atom. The second-order valence-corrected chi connectivity index (χ2v) is 6.57. The molecular formula is C18H24ClN3O2. The lowest BCUT2D eigenvalue weighted by atomic mass is 9.98. The Labute approximate surface area is 147 Å². The largest absolute Gasteiger partial charge is 0.387 e. The zero-order valence-electron chi connectivity index (χ0n) is 14.5. The summed E-state index contributed by atoms with van der Waals surface area (Å²) < 4.78 is 1.83. The van der Waals surface area contributed by atoms with E-state index in [9.17, 15) is 9.90 Å². The number of benzene rings is 1. The minimum atomic E-state index is -0.822. The molecule has 0 fully saturated rings. The fraction of sp³-hybridized carbons (Fsp3) is 0.444. The summed E-state index contributed by atoms with van der Waals surface area (Å²) in [5.74, 6) is -0.297. The quantitative estimate of drug-likeness (QED) is 0.842. The average molecular weight is 350 g/mol. The smallest absolute Gasteiger partial charge is 0.223 e. The standard InChI is InChI=1S/C18H24ClN3O2/c1-11(9-15-12(2)21-22(4)13(15)3)18(24)20-10-17(23)14-7-5-6-8-16(14)19/h5-8,11,17,23H,9-10H2,1-4H3,(H,20,24)/t11-,17-/m0/s1. The first-order valence-corrected chi connectivity index (χ1v) is 8.38. The molecule has 1 amide bonds. The van der Waals surface area contributed by atoms with Gasteiger partial charge in [-0.3, -0.25) is 9.48 Å². The lowest BCUT2D eigenvalue weighted by Crippen LogP contribution is -2.33. The molecule has 2 aromatic rings. The van der Waals surface area contributed by atoms with Crippen molar-refractivity contribution in [1.29, 1.82) is 0 Å². The number of amides is 1. The van der Waals surface area contributed by atoms with Gasteiger partial charge in [0, 0.05) is 35.8 Å². The van der Waals surface area contributed by atoms with Crippen molar-refractivity contribution < 1.29 is 9.90 Å². The van der Waals surface area contributed by atoms with Gasteiger partial charge < -0.3 is 10.4 Å². The van der Waals surface area contributed by atoms with Gasteiger partial charge in [-0.15, -0.1) is 0 Å². The first-order chi connectivity index (χ1) is 11.3. The topological polar surface area (TPSA) is 67.2 Å². The van der Waals surface area contributed by atoms with Gasteiger partial charge in [-0.1, -0.05) is 36.7 Å². The number of nitrogens with zero attached hydrogens (tertiary/aromatic N) is 2. The van der Waals surface area contributed by atoms with Crippen LogP contribution in [0.2, 0.25) is 5.02 Å². The van der Waals surface area contributed by atoms with Gasteiger partial charge >= 0.3 is 0 Å². The molecule has 6 heteroatoms. The van der Waals surface area contributed by atoms with Crippen LogP contribution in [-0.2, 0) is 18.3 Å². The highest BCUT2D eigenvalue weighted by Crippen LogP contribution is 2.22. The average Bonchev–Trinajstić information content (AvgIpc) is 2.79. The van der Waals surface area contributed by atoms with Crippen molar-refractivity contribution >= 4 is 17.5 Å². The summed E-state index contributed by atoms with van der Waals surface area (Å²) in [5, 5.41) is 17.9. The van der Waals surface area contributed by atoms with Crippen LogP contribution in [0.25, 0.3) is 0 Å². The third-order valence-corrected chi connectivity index (χ3v) is 4.69. The third kappa shape index (κ3) is 4.16. The maximum absolute atomic E-state index is 12.3. The molecule has 0 spiro atoms. The van der Waals surface area contributed by atoms with E-state index in [1.54, 1.807) is 18.2 Å². The summed E-state index contributed by atoms with van der Waals surface area (Å²) in [4.78, 5) is 12.3. The Kier molecular flexibility index (Phi) is 6.02. The van der Waals surface area contributed by atoms with Crippen LogP contribution < -0.4 is 5.32 Å². The van der Waals surface area contributed by atoms with Crippen LogP contribution >= 0.6 is 11.6 Å². The highest BCUT2D eigenvalue weighted by atomic mass is 35.5. The predicted octanol–water partition coefficient (Wildman–Crippen LogP) is 2.72. The molecule has 0 saturated heterocycles. The van der Waals surface area contributed by atoms with Crippen molar-refractivity contribution in [3.05, 3.63) is 51.8 Å². The Morgan fingerprint density at radius 1 is 1.38 bits per heavy atom. The van der Waals surface area contributed by atoms with Gasteiger partial charge in [0.1, 0.15) is 0 Å². The lowest BCUT2D eigenvalue weighted by Gasteiger charge is -2.16. The second kappa shape index (κ2) is 7.81. The number of aryl methyl sites for hydroxylation is 2. The Bertz CT molecular complexity index is 727. The lowest BCUT2D eigenvalue weighted by molar-refractivity contribution is -0.124. The van der Waals surface area contributed by atoms with Crippen LogP contribution in [0, 0.1) is 19.8 Å². The zero-order chi connectivity index (χ0) is 17.9. The minimum Gasteiger partial charge on any atom is -0.387 e. The van der Waals surface area contributed by atoms with Crippen molar-refractivity contribution in [2.75, 3.05) is 6.54 Å². The number of aliphatic hydroxyl groups is 1. The number of aliphatic hydroxyl groups excluding tert-OH is 1. The van der Waals surface area contributed by atoms with Crippen LogP contribution in [-0.4, -0.2) is 27.3 Å². The summed E-state index contributed by atoms with van der Waals surface area (Å²) >= 11 is 6.06. The van der Waals surface area contributed by atoms with Crippen molar-refractivity contribution in [2.45, 2.75) is 33.3 Å². The van der Waals surface area contributed by atoms with Gasteiger partial charge in [0.2, 0.25) is 5.91 Å². The summed E-state index contributed by atoms with van der Waals surface area (Å²) in [7, 11) is 1.90. The van der Waals surface area contributed by atoms with Crippen LogP contribution in [0.15, 0.2) is 24.3 Å². The number of rotatable bonds is 6. The van der Waals surface area contributed by atoms with E-state index >= 15 is 0 Å². The maximum atomic E-state index is 12.3. The van der Waals surface area contributed by atoms with E-state index in [-0.39, 0.29) is 18.4 Å². The molecular weight excluding hydrogens is 326 g/mol. The monoisotopic (exact) mass is 349 g/mol. The van der Waals surface area contributed by atoms with E-state index in [4.69, 9.17) is 11.6 Å². The maximum Gasteiger partial charge on any atom is 0.223 e. The molecule has 0 aliphatic carbocycles. The highest BCUT2D eigenvalue weighted by molar-refractivity contribution is 6.31. The van der Waals surface area contributed by atoms with Gasteiger partial charge in [-0.05, 0) is 31.9 Å². The second-order valence-electron chi connectivity index (χ2n) is 6.16. The van der Waals surface area contributed by atoms with Crippen LogP contribution in [0.1, 0.15) is 35.5 Å². The van der Waals surface area contributed by atoms with Gasteiger partial charge in [0.15, 0.2) is 0 Å². The highest BCUT2D eigenvalue weighted by Gasteiger charge is 2.20. The molecule has 1 heterocycles. The Hall–Kier alpha value is -1.85. The molecule has 130 valence electrons. The molecule has 0 bridgehead atoms. The molecule has 1 aromatic carbocycles. The molecule has 1 aromatic heterocycles. The zero-order valence-corrected chi connectivity index (χ0v) is 15.3. The summed E-state index contributed by atoms with van der Waals surface area (Å²) in [5.41, 5.74) is 3.74. The molecule has 5 nitrogen and oxygen atoms in total. The van der Waals surface area contributed by atoms with Crippen LogP contribution in [0.5, 0.6) is 0 Å². The molecule has 2 rings (SSSR count). The number of halogens is 1. The number of carbonyl (C=O) groups is 1. The molecule has 2 atom stereocenters. The fourth-order valence-electron chi connectivity index (χ4n) is 2.74. The molecule has 0 radical (unpaired) electrons. The van der Waals surface area contributed by atoms with Crippen molar-refractivity contribution in [2.24, 2.45) is 13.0 Å². The molecule has 24 heavy (non-hydrogen) atoms. The van der Waals surface area contributed by atoms with E-state index in [1.165, 1.54) is 0 Å². The molecule has 0 aliphatic rings. The van der Waals surface area contributed by atoms with Gasteiger partial charge in [0.25, 0.3) is 0 Å². The summed E-state index contributed by atoms with van der Waals surface area (Å²) in [6.45, 7) is 5.97. The number of carbonyl (C=O) groups excluding carboxylic acids is 1. The van der Waals surface area contributed by atoms with E-state index in [1.807, 2.05) is 38.6 Å². The summed E-state index contributed by atoms with van der Waals surface area (Å²) in [6.07, 6.45) is -0.198. The first-order valence-electron chi connectivity index (χ1n) is 8.00. The van der Waals surface area contributed by atoms with Crippen molar-refractivity contribution in [3.8, 4) is 0 Å². The summed E-state index contributed by atoms with van der Waals surface area (Å²) in [6, 6.07) is 7.09. The first kappa shape index (κ1) is 18.5. The van der Waals surface area contributed by atoms with Crippen molar-refractivity contribution in [3.63, 3.8) is 0 Å². The SMILES string of the molecule is Cc1nn(C)c(C)c1C[C@H](C)C(=O)NC[C@H](O)c1ccccc1Cl. The molecule has 0 unspecified atom stereocenters. The van der Waals surface area contributed by atoms with Crippen LogP contribution in [0.3, 0.4) is 0 Å². The third-order valence-electron chi connectivity index (χ3n) is 4.35. The van der Waals surface area contributed by atoms with E-state index in [2.05, 4.69) is 10.4 Å². The van der Waals surface area contributed by atoms with Crippen molar-refractivity contribution in [1.82, 2.24) is 15.1 Å². The van der Waals surface area contributed by atoms with Gasteiger partial charge in [-0.25, -0.2) is 0 Å². The molecule has 0 saturated carbocycles. The number of hydrogen-bond acceptors (Lipinski definition) is 3. The Morgan fingerprint density at radius 2 is 2.04 bits per heavy atom. The van der Waals surface area contributed by atoms with E-state index in [0.29, 0.717) is 17.0 Å². The number of hydrogen-bond donors (Lipinski definition) is 2. The normalized spacial score (nSPS) is 13.6. The van der Waals surface area contributed by atoms with E-state index in [0.717, 1.165) is 17.0 Å². The van der Waals surface area contributed by atoms with Gasteiger partial charge in [0.05, 0.1) is 11.8 Å². The molecule has 2 N–H and O–H groups in total. The minimum absolute atomic E-state index is 0.0937. The van der Waals surface area contributed by atoms with E-state index < -0.39 is 6.10 Å². The number of nitrogens with one attached hydrogen (secondary N) is 1. The predicted molar refractivity (Wildman–Crippen MR) is 95.0 cm³/mol. The number of aromatic nitrogens is 2. The van der Waals surface area contributed by atoms with Crippen LogP contribution in [0.4, 0.5) is 0 Å². The fourth-order valence-corrected chi connectivity index (χ4v) is 3.00.